The molecule has 4 nitrogen and oxygen atoms in total. The molecule has 3 rings (SSSR count). The highest BCUT2D eigenvalue weighted by Crippen LogP contribution is 2.67. The SMILES string of the molecule is [B]C1(O)CC2CC3C(C2)C1C3C(N)(O)O. The molecule has 0 amide bonds. The van der Waals surface area contributed by atoms with Crippen LogP contribution in [0.1, 0.15) is 19.3 Å². The number of hydrogen-bond acceptors (Lipinski definition) is 4. The zero-order chi connectivity index (χ0) is 11.0. The van der Waals surface area contributed by atoms with Crippen LogP contribution in [0.3, 0.4) is 0 Å². The average Bonchev–Trinajstić information content (AvgIpc) is 2.23. The van der Waals surface area contributed by atoms with Gasteiger partial charge in [-0.15, -0.1) is 0 Å². The predicted octanol–water partition coefficient (Wildman–Crippen LogP) is -1.27. The van der Waals surface area contributed by atoms with Gasteiger partial charge >= 0.3 is 0 Å². The second-order valence-corrected chi connectivity index (χ2v) is 5.70. The maximum Gasteiger partial charge on any atom is 0.223 e. The summed E-state index contributed by atoms with van der Waals surface area (Å²) in [5.74, 6) is -1.91. The first-order chi connectivity index (χ1) is 6.81. The van der Waals surface area contributed by atoms with Crippen molar-refractivity contribution in [2.45, 2.75) is 30.7 Å². The number of nitrogens with two attached hydrogens (primary N) is 1. The van der Waals surface area contributed by atoms with Gasteiger partial charge in [-0.05, 0) is 42.9 Å². The Hall–Kier alpha value is -0.0951. The molecule has 0 aliphatic heterocycles. The monoisotopic (exact) mass is 209 g/mol. The van der Waals surface area contributed by atoms with Crippen LogP contribution in [0.2, 0.25) is 0 Å². The molecule has 5 N–H and O–H groups in total. The van der Waals surface area contributed by atoms with Crippen LogP contribution in [0.15, 0.2) is 0 Å². The second kappa shape index (κ2) is 2.59. The van der Waals surface area contributed by atoms with Crippen molar-refractivity contribution in [1.82, 2.24) is 0 Å². The Balaban J connectivity index is 1.96. The van der Waals surface area contributed by atoms with Gasteiger partial charge in [0.1, 0.15) is 7.85 Å². The molecule has 0 aromatic carbocycles. The number of aliphatic hydroxyl groups is 3. The van der Waals surface area contributed by atoms with Crippen LogP contribution in [0.5, 0.6) is 0 Å². The molecule has 3 fully saturated rings. The van der Waals surface area contributed by atoms with Crippen molar-refractivity contribution in [2.24, 2.45) is 35.3 Å². The van der Waals surface area contributed by atoms with E-state index >= 15 is 0 Å². The summed E-state index contributed by atoms with van der Waals surface area (Å²) >= 11 is 0. The minimum Gasteiger partial charge on any atom is -0.399 e. The minimum absolute atomic E-state index is 0.234. The number of rotatable bonds is 1. The van der Waals surface area contributed by atoms with Gasteiger partial charge < -0.3 is 15.3 Å². The molecule has 3 aliphatic rings. The van der Waals surface area contributed by atoms with E-state index in [1.807, 2.05) is 0 Å². The Morgan fingerprint density at radius 1 is 1.27 bits per heavy atom. The molecule has 82 valence electrons. The Morgan fingerprint density at radius 2 is 1.87 bits per heavy atom. The van der Waals surface area contributed by atoms with Gasteiger partial charge in [-0.25, -0.2) is 0 Å². The molecule has 3 aliphatic carbocycles. The van der Waals surface area contributed by atoms with Crippen molar-refractivity contribution >= 4 is 7.85 Å². The Bertz CT molecular complexity index is 302. The lowest BCUT2D eigenvalue weighted by Crippen LogP contribution is -2.67. The summed E-state index contributed by atoms with van der Waals surface area (Å²) in [4.78, 5) is 0. The van der Waals surface area contributed by atoms with Crippen molar-refractivity contribution in [2.75, 3.05) is 0 Å². The lowest BCUT2D eigenvalue weighted by atomic mass is 9.46. The molecule has 0 heterocycles. The summed E-state index contributed by atoms with van der Waals surface area (Å²) in [7, 11) is 5.84. The summed E-state index contributed by atoms with van der Waals surface area (Å²) in [5.41, 5.74) is 4.08. The smallest absolute Gasteiger partial charge is 0.223 e. The Labute approximate surface area is 89.9 Å². The number of hydrogen-bond donors (Lipinski definition) is 4. The molecule has 0 aromatic heterocycles. The molecular weight excluding hydrogens is 193 g/mol. The van der Waals surface area contributed by atoms with Crippen LogP contribution >= 0.6 is 0 Å². The zero-order valence-corrected chi connectivity index (χ0v) is 8.50. The van der Waals surface area contributed by atoms with Crippen LogP contribution in [-0.2, 0) is 0 Å². The molecule has 5 heteroatoms. The van der Waals surface area contributed by atoms with Gasteiger partial charge in [0.05, 0.1) is 0 Å². The standard InChI is InChI=1S/C10H16BNO3/c11-9(13)3-4-1-5-6(2-4)8(7(5)9)10(12,14)15/h4-8,13-15H,1-3,12H2. The summed E-state index contributed by atoms with van der Waals surface area (Å²) in [6.07, 6.45) is 2.55. The lowest BCUT2D eigenvalue weighted by Gasteiger charge is -2.58. The predicted molar refractivity (Wildman–Crippen MR) is 53.4 cm³/mol. The summed E-state index contributed by atoms with van der Waals surface area (Å²) in [6, 6.07) is 0. The van der Waals surface area contributed by atoms with Gasteiger partial charge in [0, 0.05) is 11.4 Å². The van der Waals surface area contributed by atoms with Crippen molar-refractivity contribution in [3.05, 3.63) is 0 Å². The summed E-state index contributed by atoms with van der Waals surface area (Å²) in [6.45, 7) is 0. The van der Waals surface area contributed by atoms with E-state index < -0.39 is 17.3 Å². The van der Waals surface area contributed by atoms with Crippen LogP contribution < -0.4 is 5.73 Å². The quantitative estimate of drug-likeness (QED) is 0.320. The van der Waals surface area contributed by atoms with Crippen LogP contribution in [0, 0.1) is 29.6 Å². The fourth-order valence-electron chi connectivity index (χ4n) is 4.45. The van der Waals surface area contributed by atoms with E-state index in [9.17, 15) is 15.3 Å². The first kappa shape index (κ1) is 10.1. The van der Waals surface area contributed by atoms with E-state index in [1.54, 1.807) is 0 Å². The third kappa shape index (κ3) is 1.18. The minimum atomic E-state index is -2.20. The average molecular weight is 209 g/mol. The van der Waals surface area contributed by atoms with Gasteiger partial charge in [-0.2, -0.15) is 0 Å². The first-order valence-corrected chi connectivity index (χ1v) is 5.55. The second-order valence-electron chi connectivity index (χ2n) is 5.70. The number of fused-ring (bicyclic) bond motifs is 1. The lowest BCUT2D eigenvalue weighted by molar-refractivity contribution is -0.281. The summed E-state index contributed by atoms with van der Waals surface area (Å²) < 4.78 is 0. The van der Waals surface area contributed by atoms with E-state index in [0.29, 0.717) is 18.3 Å². The third-order valence-corrected chi connectivity index (χ3v) is 4.75. The van der Waals surface area contributed by atoms with Crippen molar-refractivity contribution in [3.8, 4) is 0 Å². The maximum absolute atomic E-state index is 10.1. The molecule has 0 saturated heterocycles. The van der Waals surface area contributed by atoms with Gasteiger partial charge in [-0.3, -0.25) is 5.73 Å². The molecule has 2 radical (unpaired) electrons. The van der Waals surface area contributed by atoms with Crippen molar-refractivity contribution in [3.63, 3.8) is 0 Å². The third-order valence-electron chi connectivity index (χ3n) is 4.75. The van der Waals surface area contributed by atoms with E-state index in [4.69, 9.17) is 13.6 Å². The molecule has 6 unspecified atom stereocenters. The zero-order valence-electron chi connectivity index (χ0n) is 8.50. The molecule has 0 aromatic rings. The molecule has 0 spiro atoms. The fraction of sp³-hybridized carbons (Fsp3) is 1.00. The molecule has 6 atom stereocenters. The normalized spacial score (nSPS) is 57.7. The van der Waals surface area contributed by atoms with Gasteiger partial charge in [0.25, 0.3) is 0 Å². The van der Waals surface area contributed by atoms with E-state index in [2.05, 4.69) is 0 Å². The molecule has 15 heavy (non-hydrogen) atoms. The molecular formula is C10H16BNO3. The van der Waals surface area contributed by atoms with Crippen molar-refractivity contribution in [1.29, 1.82) is 0 Å². The van der Waals surface area contributed by atoms with E-state index in [0.717, 1.165) is 12.8 Å². The largest absolute Gasteiger partial charge is 0.399 e. The molecule has 3 saturated carbocycles. The van der Waals surface area contributed by atoms with Crippen molar-refractivity contribution < 1.29 is 15.3 Å². The fourth-order valence-corrected chi connectivity index (χ4v) is 4.45. The van der Waals surface area contributed by atoms with Gasteiger partial charge in [0.15, 0.2) is 0 Å². The first-order valence-electron chi connectivity index (χ1n) is 5.55. The van der Waals surface area contributed by atoms with Crippen LogP contribution in [-0.4, -0.2) is 34.6 Å². The highest BCUT2D eigenvalue weighted by molar-refractivity contribution is 6.14. The van der Waals surface area contributed by atoms with Gasteiger partial charge in [0.2, 0.25) is 5.91 Å². The van der Waals surface area contributed by atoms with E-state index in [1.165, 1.54) is 0 Å². The Morgan fingerprint density at radius 3 is 2.47 bits per heavy atom. The van der Waals surface area contributed by atoms with Crippen LogP contribution in [0.25, 0.3) is 0 Å². The van der Waals surface area contributed by atoms with E-state index in [-0.39, 0.29) is 11.8 Å². The maximum atomic E-state index is 10.1. The summed E-state index contributed by atoms with van der Waals surface area (Å²) in [5, 5.41) is 29.1. The topological polar surface area (TPSA) is 86.7 Å². The van der Waals surface area contributed by atoms with Gasteiger partial charge in [-0.1, -0.05) is 0 Å². The molecule has 2 bridgehead atoms. The highest BCUT2D eigenvalue weighted by Gasteiger charge is 2.68. The highest BCUT2D eigenvalue weighted by atomic mass is 16.5. The van der Waals surface area contributed by atoms with Crippen LogP contribution in [0.4, 0.5) is 0 Å². The Kier molecular flexibility index (Phi) is 1.74.